The fourth-order valence-electron chi connectivity index (χ4n) is 2.02. The maximum atomic E-state index is 6.06. The van der Waals surface area contributed by atoms with Crippen LogP contribution in [-0.4, -0.2) is 36.6 Å². The van der Waals surface area contributed by atoms with Gasteiger partial charge in [0.05, 0.1) is 26.6 Å². The van der Waals surface area contributed by atoms with E-state index < -0.39 is 7.12 Å². The molecule has 1 aromatic rings. The van der Waals surface area contributed by atoms with Gasteiger partial charge in [0.2, 0.25) is 5.88 Å². The van der Waals surface area contributed by atoms with Crippen LogP contribution in [-0.2, 0) is 9.31 Å². The van der Waals surface area contributed by atoms with E-state index in [4.69, 9.17) is 18.6 Å². The molecule has 0 aromatic carbocycles. The molecule has 0 N–H and O–H groups in total. The highest BCUT2D eigenvalue weighted by atomic mass is 31.1. The van der Waals surface area contributed by atoms with Crippen LogP contribution in [0.25, 0.3) is 0 Å². The van der Waals surface area contributed by atoms with Crippen LogP contribution in [0.1, 0.15) is 34.6 Å². The number of aromatic nitrogens is 1. The SMILES string of the molecule is CCOc1cc(OPC)ncc1B1OC(C)(C)C(C)(C)O1. The molecule has 2 rings (SSSR count). The summed E-state index contributed by atoms with van der Waals surface area (Å²) in [6, 6.07) is 1.79. The van der Waals surface area contributed by atoms with Crippen LogP contribution in [0.15, 0.2) is 12.3 Å². The van der Waals surface area contributed by atoms with E-state index in [0.717, 1.165) is 5.46 Å². The molecule has 1 saturated heterocycles. The highest BCUT2D eigenvalue weighted by Crippen LogP contribution is 2.37. The summed E-state index contributed by atoms with van der Waals surface area (Å²) in [5, 5.41) is 0. The number of hydrogen-bond donors (Lipinski definition) is 0. The maximum Gasteiger partial charge on any atom is 0.500 e. The third-order valence-corrected chi connectivity index (χ3v) is 4.30. The van der Waals surface area contributed by atoms with Crippen molar-refractivity contribution in [3.8, 4) is 11.6 Å². The van der Waals surface area contributed by atoms with Gasteiger partial charge in [-0.05, 0) is 41.3 Å². The molecule has 1 fully saturated rings. The lowest BCUT2D eigenvalue weighted by atomic mass is 9.79. The standard InChI is InChI=1S/C14H23BNO4P/c1-7-17-11-8-12(18-21-6)16-9-10(11)15-19-13(2,3)14(4,5)20-15/h8-9,21H,7H2,1-6H3. The van der Waals surface area contributed by atoms with E-state index in [1.165, 1.54) is 0 Å². The predicted molar refractivity (Wildman–Crippen MR) is 86.0 cm³/mol. The minimum absolute atomic E-state index is 0.339. The molecule has 0 spiro atoms. The highest BCUT2D eigenvalue weighted by Gasteiger charge is 2.52. The van der Waals surface area contributed by atoms with E-state index in [-0.39, 0.29) is 11.2 Å². The number of ether oxygens (including phenoxy) is 1. The minimum atomic E-state index is -0.484. The van der Waals surface area contributed by atoms with E-state index in [1.807, 2.05) is 41.3 Å². The normalized spacial score (nSPS) is 20.2. The van der Waals surface area contributed by atoms with E-state index in [9.17, 15) is 0 Å². The number of pyridine rings is 1. The lowest BCUT2D eigenvalue weighted by Gasteiger charge is -2.32. The molecule has 1 aromatic heterocycles. The zero-order valence-corrected chi connectivity index (χ0v) is 14.5. The van der Waals surface area contributed by atoms with Crippen LogP contribution < -0.4 is 14.7 Å². The molecule has 116 valence electrons. The van der Waals surface area contributed by atoms with Gasteiger partial charge >= 0.3 is 7.12 Å². The first-order valence-corrected chi connectivity index (χ1v) is 8.53. The van der Waals surface area contributed by atoms with Crippen molar-refractivity contribution in [2.75, 3.05) is 13.3 Å². The van der Waals surface area contributed by atoms with Gasteiger partial charge in [-0.3, -0.25) is 0 Å². The molecule has 1 aliphatic heterocycles. The molecule has 5 nitrogen and oxygen atoms in total. The molecule has 2 heterocycles. The van der Waals surface area contributed by atoms with Gasteiger partial charge in [0.15, 0.2) is 0 Å². The van der Waals surface area contributed by atoms with Crippen molar-refractivity contribution < 1.29 is 18.6 Å². The summed E-state index contributed by atoms with van der Waals surface area (Å²) in [4.78, 5) is 4.30. The van der Waals surface area contributed by atoms with Gasteiger partial charge in [-0.2, -0.15) is 0 Å². The fraction of sp³-hybridized carbons (Fsp3) is 0.643. The van der Waals surface area contributed by atoms with Crippen molar-refractivity contribution in [2.24, 2.45) is 0 Å². The molecular formula is C14H23BNO4P. The number of nitrogens with zero attached hydrogens (tertiary/aromatic N) is 1. The molecule has 0 aliphatic carbocycles. The van der Waals surface area contributed by atoms with Crippen LogP contribution in [0.5, 0.6) is 11.6 Å². The van der Waals surface area contributed by atoms with Crippen LogP contribution in [0.3, 0.4) is 0 Å². The molecule has 0 saturated carbocycles. The number of rotatable bonds is 5. The smallest absolute Gasteiger partial charge is 0.494 e. The number of hydrogen-bond acceptors (Lipinski definition) is 5. The van der Waals surface area contributed by atoms with Gasteiger partial charge in [0.1, 0.15) is 5.75 Å². The summed E-state index contributed by atoms with van der Waals surface area (Å²) < 4.78 is 23.3. The second-order valence-corrected chi connectivity index (χ2v) is 6.50. The Morgan fingerprint density at radius 3 is 2.38 bits per heavy atom. The van der Waals surface area contributed by atoms with Gasteiger partial charge in [-0.15, -0.1) is 0 Å². The van der Waals surface area contributed by atoms with E-state index in [1.54, 1.807) is 12.3 Å². The van der Waals surface area contributed by atoms with Crippen LogP contribution >= 0.6 is 8.81 Å². The van der Waals surface area contributed by atoms with Crippen molar-refractivity contribution in [2.45, 2.75) is 45.8 Å². The van der Waals surface area contributed by atoms with Gasteiger partial charge in [0.25, 0.3) is 0 Å². The van der Waals surface area contributed by atoms with Crippen LogP contribution in [0.4, 0.5) is 0 Å². The van der Waals surface area contributed by atoms with Crippen molar-refractivity contribution in [1.82, 2.24) is 4.98 Å². The fourth-order valence-corrected chi connectivity index (χ4v) is 2.34. The first-order valence-electron chi connectivity index (χ1n) is 7.12. The average Bonchev–Trinajstić information content (AvgIpc) is 2.59. The molecule has 0 radical (unpaired) electrons. The zero-order chi connectivity index (χ0) is 15.7. The predicted octanol–water partition coefficient (Wildman–Crippen LogP) is 2.38. The van der Waals surface area contributed by atoms with Gasteiger partial charge in [0, 0.05) is 17.7 Å². The van der Waals surface area contributed by atoms with Crippen LogP contribution in [0.2, 0.25) is 0 Å². The summed E-state index contributed by atoms with van der Waals surface area (Å²) in [6.07, 6.45) is 1.71. The Morgan fingerprint density at radius 1 is 1.24 bits per heavy atom. The second-order valence-electron chi connectivity index (χ2n) is 5.89. The van der Waals surface area contributed by atoms with Crippen molar-refractivity contribution in [1.29, 1.82) is 0 Å². The molecule has 0 amide bonds. The molecule has 1 aliphatic rings. The first-order chi connectivity index (χ1) is 9.80. The minimum Gasteiger partial charge on any atom is -0.494 e. The summed E-state index contributed by atoms with van der Waals surface area (Å²) in [6.45, 7) is 12.5. The summed E-state index contributed by atoms with van der Waals surface area (Å²) in [5.41, 5.74) is 0.0182. The summed E-state index contributed by atoms with van der Waals surface area (Å²) >= 11 is 0. The third-order valence-electron chi connectivity index (χ3n) is 3.88. The molecule has 0 bridgehead atoms. The monoisotopic (exact) mass is 311 g/mol. The third kappa shape index (κ3) is 3.33. The van der Waals surface area contributed by atoms with Crippen molar-refractivity contribution in [3.63, 3.8) is 0 Å². The second kappa shape index (κ2) is 6.11. The highest BCUT2D eigenvalue weighted by molar-refractivity contribution is 7.31. The first kappa shape index (κ1) is 16.5. The van der Waals surface area contributed by atoms with Crippen molar-refractivity contribution >= 4 is 21.4 Å². The zero-order valence-electron chi connectivity index (χ0n) is 13.5. The quantitative estimate of drug-likeness (QED) is 0.617. The Balaban J connectivity index is 2.31. The van der Waals surface area contributed by atoms with Crippen molar-refractivity contribution in [3.05, 3.63) is 12.3 Å². The van der Waals surface area contributed by atoms with E-state index >= 15 is 0 Å². The van der Waals surface area contributed by atoms with E-state index in [0.29, 0.717) is 27.0 Å². The largest absolute Gasteiger partial charge is 0.500 e. The maximum absolute atomic E-state index is 6.06. The topological polar surface area (TPSA) is 49.8 Å². The average molecular weight is 311 g/mol. The van der Waals surface area contributed by atoms with E-state index in [2.05, 4.69) is 4.98 Å². The van der Waals surface area contributed by atoms with Gasteiger partial charge in [-0.1, -0.05) is 0 Å². The Kier molecular flexibility index (Phi) is 4.81. The lowest BCUT2D eigenvalue weighted by molar-refractivity contribution is 0.00578. The molecule has 1 atom stereocenters. The van der Waals surface area contributed by atoms with Gasteiger partial charge in [-0.25, -0.2) is 4.98 Å². The molecular weight excluding hydrogens is 288 g/mol. The van der Waals surface area contributed by atoms with Crippen LogP contribution in [0, 0.1) is 0 Å². The lowest BCUT2D eigenvalue weighted by Crippen LogP contribution is -2.41. The van der Waals surface area contributed by atoms with Gasteiger partial charge < -0.3 is 18.6 Å². The Bertz CT molecular complexity index is 494. The summed E-state index contributed by atoms with van der Waals surface area (Å²) in [5.74, 6) is 1.25. The molecule has 7 heteroatoms. The molecule has 21 heavy (non-hydrogen) atoms. The Morgan fingerprint density at radius 2 is 1.86 bits per heavy atom. The summed E-state index contributed by atoms with van der Waals surface area (Å²) in [7, 11) is -0.145. The Labute approximate surface area is 128 Å². The Hall–Kier alpha value is -0.835. The molecule has 1 unspecified atom stereocenters.